The largest absolute Gasteiger partial charge is 0.480 e. The summed E-state index contributed by atoms with van der Waals surface area (Å²) in [5.41, 5.74) is 1.18. The van der Waals surface area contributed by atoms with Crippen molar-refractivity contribution in [2.75, 3.05) is 18.1 Å². The second-order valence-electron chi connectivity index (χ2n) is 8.94. The molecule has 1 aliphatic rings. The lowest BCUT2D eigenvalue weighted by atomic mass is 10.2. The molecule has 1 saturated heterocycles. The van der Waals surface area contributed by atoms with Gasteiger partial charge in [-0.15, -0.1) is 0 Å². The van der Waals surface area contributed by atoms with Crippen LogP contribution in [0.1, 0.15) is 39.0 Å². The van der Waals surface area contributed by atoms with Gasteiger partial charge in [-0.1, -0.05) is 43.5 Å². The predicted octanol–water partition coefficient (Wildman–Crippen LogP) is 2.54. The first-order chi connectivity index (χ1) is 17.3. The topological polar surface area (TPSA) is 129 Å². The van der Waals surface area contributed by atoms with Crippen LogP contribution in [0.25, 0.3) is 17.0 Å². The number of aliphatic carboxylic acids is 1. The molecule has 36 heavy (non-hydrogen) atoms. The summed E-state index contributed by atoms with van der Waals surface area (Å²) in [4.78, 5) is 44.1. The molecule has 2 aromatic heterocycles. The third-order valence-electron chi connectivity index (χ3n) is 6.47. The van der Waals surface area contributed by atoms with Gasteiger partial charge in [-0.3, -0.25) is 18.6 Å². The van der Waals surface area contributed by atoms with E-state index in [0.717, 1.165) is 24.8 Å². The molecule has 1 amide bonds. The fourth-order valence-corrected chi connectivity index (χ4v) is 4.71. The summed E-state index contributed by atoms with van der Waals surface area (Å²) in [6.07, 6.45) is 5.78. The van der Waals surface area contributed by atoms with Gasteiger partial charge in [0, 0.05) is 35.9 Å². The molecule has 0 saturated carbocycles. The van der Waals surface area contributed by atoms with E-state index < -0.39 is 30.6 Å². The Bertz CT molecular complexity index is 1300. The van der Waals surface area contributed by atoms with Crippen LogP contribution in [0.4, 0.5) is 5.82 Å². The first kappa shape index (κ1) is 25.7. The highest BCUT2D eigenvalue weighted by Crippen LogP contribution is 2.28. The maximum Gasteiger partial charge on any atom is 0.328 e. The number of anilines is 1. The molecule has 1 unspecified atom stereocenters. The Morgan fingerprint density at radius 1 is 1.25 bits per heavy atom. The lowest BCUT2D eigenvalue weighted by molar-refractivity contribution is -0.143. The third-order valence-corrected chi connectivity index (χ3v) is 6.72. The number of halogens is 1. The van der Waals surface area contributed by atoms with Gasteiger partial charge in [-0.25, -0.2) is 9.78 Å². The molecule has 0 aliphatic carbocycles. The van der Waals surface area contributed by atoms with Crippen molar-refractivity contribution in [3.8, 4) is 11.3 Å². The number of benzene rings is 1. The summed E-state index contributed by atoms with van der Waals surface area (Å²) < 4.78 is 3.47. The SMILES string of the molecule is CCCCCn1c(N2CCC[C@H]2C(=O)NC(CO)C(=O)O)cc(=O)n2cc(-c3ccc(Cl)cc3)nc12. The fourth-order valence-electron chi connectivity index (χ4n) is 4.58. The number of aliphatic hydroxyl groups is 1. The van der Waals surface area contributed by atoms with Gasteiger partial charge in [0.1, 0.15) is 17.9 Å². The Hall–Kier alpha value is -3.37. The summed E-state index contributed by atoms with van der Waals surface area (Å²) in [6.45, 7) is 2.53. The number of carbonyl (C=O) groups is 2. The van der Waals surface area contributed by atoms with Gasteiger partial charge in [0.25, 0.3) is 5.56 Å². The Kier molecular flexibility index (Phi) is 7.95. The minimum Gasteiger partial charge on any atom is -0.480 e. The number of nitrogens with one attached hydrogen (secondary N) is 1. The van der Waals surface area contributed by atoms with Crippen LogP contribution in [-0.2, 0) is 16.1 Å². The zero-order valence-electron chi connectivity index (χ0n) is 20.1. The molecular formula is C25H30ClN5O5. The van der Waals surface area contributed by atoms with Crippen molar-refractivity contribution in [2.45, 2.75) is 57.7 Å². The normalized spacial score (nSPS) is 16.4. The van der Waals surface area contributed by atoms with Crippen LogP contribution in [0.2, 0.25) is 5.02 Å². The Morgan fingerprint density at radius 2 is 2.00 bits per heavy atom. The summed E-state index contributed by atoms with van der Waals surface area (Å²) in [5, 5.41) is 21.6. The number of carbonyl (C=O) groups excluding carboxylic acids is 1. The van der Waals surface area contributed by atoms with E-state index in [1.807, 2.05) is 21.6 Å². The van der Waals surface area contributed by atoms with Gasteiger partial charge >= 0.3 is 5.97 Å². The van der Waals surface area contributed by atoms with Crippen molar-refractivity contribution < 1.29 is 19.8 Å². The zero-order chi connectivity index (χ0) is 25.8. The second kappa shape index (κ2) is 11.1. The van der Waals surface area contributed by atoms with Crippen LogP contribution < -0.4 is 15.8 Å². The number of imidazole rings is 1. The number of hydrogen-bond acceptors (Lipinski definition) is 6. The second-order valence-corrected chi connectivity index (χ2v) is 9.37. The highest BCUT2D eigenvalue weighted by Gasteiger charge is 2.35. The molecule has 3 N–H and O–H groups in total. The molecule has 1 fully saturated rings. The average molecular weight is 516 g/mol. The number of aromatic nitrogens is 3. The van der Waals surface area contributed by atoms with E-state index >= 15 is 0 Å². The van der Waals surface area contributed by atoms with Crippen molar-refractivity contribution in [3.63, 3.8) is 0 Å². The number of aryl methyl sites for hydroxylation is 1. The Morgan fingerprint density at radius 3 is 2.67 bits per heavy atom. The fraction of sp³-hybridized carbons (Fsp3) is 0.440. The van der Waals surface area contributed by atoms with Crippen LogP contribution >= 0.6 is 11.6 Å². The van der Waals surface area contributed by atoms with Crippen molar-refractivity contribution in [3.05, 3.63) is 51.9 Å². The number of carboxylic acid groups (broad SMARTS) is 1. The summed E-state index contributed by atoms with van der Waals surface area (Å²) in [6, 6.07) is 6.69. The number of aliphatic hydroxyl groups excluding tert-OH is 1. The van der Waals surface area contributed by atoms with Crippen LogP contribution in [0.15, 0.2) is 41.3 Å². The van der Waals surface area contributed by atoms with Crippen molar-refractivity contribution in [2.24, 2.45) is 0 Å². The Labute approximate surface area is 213 Å². The lowest BCUT2D eigenvalue weighted by Gasteiger charge is -2.29. The summed E-state index contributed by atoms with van der Waals surface area (Å²) in [5.74, 6) is -0.749. The van der Waals surface area contributed by atoms with Gasteiger partial charge in [-0.05, 0) is 31.4 Å². The molecule has 2 atom stereocenters. The minimum atomic E-state index is -1.39. The number of unbranched alkanes of at least 4 members (excludes halogenated alkanes) is 2. The van der Waals surface area contributed by atoms with Gasteiger partial charge in [0.05, 0.1) is 12.3 Å². The molecule has 0 bridgehead atoms. The molecule has 0 spiro atoms. The van der Waals surface area contributed by atoms with E-state index in [9.17, 15) is 24.6 Å². The molecule has 10 nitrogen and oxygen atoms in total. The van der Waals surface area contributed by atoms with Crippen LogP contribution in [0.3, 0.4) is 0 Å². The maximum absolute atomic E-state index is 13.2. The molecule has 3 heterocycles. The molecule has 0 radical (unpaired) electrons. The number of fused-ring (bicyclic) bond motifs is 1. The van der Waals surface area contributed by atoms with E-state index in [0.29, 0.717) is 48.2 Å². The van der Waals surface area contributed by atoms with E-state index in [1.54, 1.807) is 18.3 Å². The standard InChI is InChI=1S/C25H30ClN5O5/c1-2-3-4-11-30-21(29-12-5-6-20(29)23(34)27-19(15-32)24(35)36)13-22(33)31-14-18(28-25(30)31)16-7-9-17(26)10-8-16/h7-10,13-14,19-20,32H,2-6,11-12,15H2,1H3,(H,27,34)(H,35,36)/t19?,20-/m0/s1. The quantitative estimate of drug-likeness (QED) is 0.354. The van der Waals surface area contributed by atoms with Crippen molar-refractivity contribution in [1.82, 2.24) is 19.3 Å². The smallest absolute Gasteiger partial charge is 0.328 e. The van der Waals surface area contributed by atoms with Gasteiger partial charge in [0.15, 0.2) is 0 Å². The van der Waals surface area contributed by atoms with E-state index in [-0.39, 0.29) is 5.56 Å². The van der Waals surface area contributed by atoms with Crippen molar-refractivity contribution >= 4 is 35.1 Å². The highest BCUT2D eigenvalue weighted by atomic mass is 35.5. The van der Waals surface area contributed by atoms with Crippen LogP contribution in [-0.4, -0.2) is 61.3 Å². The number of rotatable bonds is 10. The number of nitrogens with zero attached hydrogens (tertiary/aromatic N) is 4. The molecular weight excluding hydrogens is 486 g/mol. The predicted molar refractivity (Wildman–Crippen MR) is 136 cm³/mol. The third kappa shape index (κ3) is 5.24. The molecule has 11 heteroatoms. The number of hydrogen-bond donors (Lipinski definition) is 3. The Balaban J connectivity index is 1.76. The van der Waals surface area contributed by atoms with E-state index in [2.05, 4.69) is 12.2 Å². The highest BCUT2D eigenvalue weighted by molar-refractivity contribution is 6.30. The lowest BCUT2D eigenvalue weighted by Crippen LogP contribution is -2.51. The summed E-state index contributed by atoms with van der Waals surface area (Å²) >= 11 is 6.03. The van der Waals surface area contributed by atoms with E-state index in [1.165, 1.54) is 10.5 Å². The first-order valence-electron chi connectivity index (χ1n) is 12.1. The van der Waals surface area contributed by atoms with E-state index in [4.69, 9.17) is 16.6 Å². The average Bonchev–Trinajstić information content (AvgIpc) is 3.52. The number of carboxylic acids is 1. The molecule has 3 aromatic rings. The van der Waals surface area contributed by atoms with Gasteiger partial charge < -0.3 is 20.4 Å². The molecule has 4 rings (SSSR count). The van der Waals surface area contributed by atoms with Gasteiger partial charge in [0.2, 0.25) is 11.7 Å². The zero-order valence-corrected chi connectivity index (χ0v) is 20.8. The molecule has 192 valence electrons. The van der Waals surface area contributed by atoms with Crippen LogP contribution in [0, 0.1) is 0 Å². The molecule has 1 aliphatic heterocycles. The van der Waals surface area contributed by atoms with Crippen LogP contribution in [0.5, 0.6) is 0 Å². The van der Waals surface area contributed by atoms with Crippen molar-refractivity contribution in [1.29, 1.82) is 0 Å². The van der Waals surface area contributed by atoms with Gasteiger partial charge in [-0.2, -0.15) is 0 Å². The molecule has 1 aromatic carbocycles. The monoisotopic (exact) mass is 515 g/mol. The summed E-state index contributed by atoms with van der Waals surface area (Å²) in [7, 11) is 0. The minimum absolute atomic E-state index is 0.274. The maximum atomic E-state index is 13.2. The first-order valence-corrected chi connectivity index (χ1v) is 12.5. The number of amides is 1.